The van der Waals surface area contributed by atoms with Gasteiger partial charge in [0.05, 0.1) is 0 Å². The van der Waals surface area contributed by atoms with Crippen molar-refractivity contribution >= 4 is 0 Å². The van der Waals surface area contributed by atoms with Crippen LogP contribution < -0.4 is 5.73 Å². The predicted molar refractivity (Wildman–Crippen MR) is 113 cm³/mol. The minimum Gasteiger partial charge on any atom is -0.330 e. The molecule has 1 aromatic rings. The highest BCUT2D eigenvalue weighted by atomic mass is 14.5. The van der Waals surface area contributed by atoms with E-state index in [1.54, 1.807) is 5.56 Å². The zero-order chi connectivity index (χ0) is 18.0. The summed E-state index contributed by atoms with van der Waals surface area (Å²) in [5, 5.41) is 0. The Morgan fingerprint density at radius 3 is 1.64 bits per heavy atom. The number of benzene rings is 1. The first kappa shape index (κ1) is 22.2. The molecule has 2 N–H and O–H groups in total. The average Bonchev–Trinajstić information content (AvgIpc) is 2.65. The van der Waals surface area contributed by atoms with Crippen molar-refractivity contribution < 1.29 is 0 Å². The van der Waals surface area contributed by atoms with Crippen molar-refractivity contribution in [2.24, 2.45) is 5.73 Å². The van der Waals surface area contributed by atoms with Gasteiger partial charge in [0.2, 0.25) is 0 Å². The summed E-state index contributed by atoms with van der Waals surface area (Å²) in [5.41, 5.74) is 7.12. The van der Waals surface area contributed by atoms with Gasteiger partial charge in [-0.3, -0.25) is 0 Å². The maximum absolute atomic E-state index is 5.55. The minimum atomic E-state index is 0.782. The number of hydrogen-bond donors (Lipinski definition) is 1. The van der Waals surface area contributed by atoms with E-state index in [-0.39, 0.29) is 0 Å². The van der Waals surface area contributed by atoms with Crippen molar-refractivity contribution in [1.82, 2.24) is 0 Å². The zero-order valence-corrected chi connectivity index (χ0v) is 16.9. The van der Waals surface area contributed by atoms with Crippen LogP contribution in [-0.4, -0.2) is 6.54 Å². The van der Waals surface area contributed by atoms with Crippen molar-refractivity contribution in [2.45, 2.75) is 109 Å². The molecule has 1 unspecified atom stereocenters. The Balaban J connectivity index is 2.20. The van der Waals surface area contributed by atoms with Gasteiger partial charge in [-0.15, -0.1) is 0 Å². The second-order valence-electron chi connectivity index (χ2n) is 7.72. The molecule has 0 fully saturated rings. The molecular weight excluding hydrogens is 302 g/mol. The van der Waals surface area contributed by atoms with Gasteiger partial charge in [-0.25, -0.2) is 0 Å². The summed E-state index contributed by atoms with van der Waals surface area (Å²) in [6, 6.07) is 11.2. The number of nitrogens with two attached hydrogens (primary N) is 1. The van der Waals surface area contributed by atoms with Gasteiger partial charge in [0, 0.05) is 0 Å². The number of unbranched alkanes of at least 4 members (excludes halogenated alkanes) is 11. The van der Waals surface area contributed by atoms with Crippen LogP contribution in [0.4, 0.5) is 0 Å². The second kappa shape index (κ2) is 16.6. The topological polar surface area (TPSA) is 26.0 Å². The third-order valence-corrected chi connectivity index (χ3v) is 5.43. The van der Waals surface area contributed by atoms with Crippen molar-refractivity contribution in [2.75, 3.05) is 6.54 Å². The summed E-state index contributed by atoms with van der Waals surface area (Å²) in [5.74, 6) is 0.782. The van der Waals surface area contributed by atoms with Crippen molar-refractivity contribution in [1.29, 1.82) is 0 Å². The Labute approximate surface area is 157 Å². The van der Waals surface area contributed by atoms with Crippen LogP contribution in [0.2, 0.25) is 0 Å². The first-order valence-electron chi connectivity index (χ1n) is 11.1. The van der Waals surface area contributed by atoms with Crippen LogP contribution in [0.3, 0.4) is 0 Å². The van der Waals surface area contributed by atoms with Gasteiger partial charge >= 0.3 is 0 Å². The Morgan fingerprint density at radius 2 is 1.12 bits per heavy atom. The Kier molecular flexibility index (Phi) is 14.8. The summed E-state index contributed by atoms with van der Waals surface area (Å²) in [7, 11) is 0. The number of rotatable bonds is 17. The lowest BCUT2D eigenvalue weighted by molar-refractivity contribution is 0.485. The molecule has 0 bridgehead atoms. The molecule has 0 amide bonds. The molecule has 1 rings (SSSR count). The lowest BCUT2D eigenvalue weighted by atomic mass is 9.88. The summed E-state index contributed by atoms with van der Waals surface area (Å²) in [6.45, 7) is 3.15. The maximum atomic E-state index is 5.55. The largest absolute Gasteiger partial charge is 0.330 e. The molecule has 0 aliphatic rings. The van der Waals surface area contributed by atoms with E-state index in [1.807, 2.05) is 0 Å². The van der Waals surface area contributed by atoms with Gasteiger partial charge in [-0.05, 0) is 37.3 Å². The first-order chi connectivity index (χ1) is 12.4. The molecule has 0 aliphatic carbocycles. The smallest absolute Gasteiger partial charge is 0.00773 e. The Hall–Kier alpha value is -0.820. The molecule has 1 nitrogen and oxygen atoms in total. The molecule has 0 heterocycles. The van der Waals surface area contributed by atoms with E-state index in [4.69, 9.17) is 5.73 Å². The second-order valence-corrected chi connectivity index (χ2v) is 7.72. The first-order valence-corrected chi connectivity index (χ1v) is 11.1. The molecule has 1 atom stereocenters. The fourth-order valence-electron chi connectivity index (χ4n) is 3.79. The van der Waals surface area contributed by atoms with Gasteiger partial charge in [-0.1, -0.05) is 114 Å². The summed E-state index contributed by atoms with van der Waals surface area (Å²) >= 11 is 0. The quantitative estimate of drug-likeness (QED) is 0.289. The highest BCUT2D eigenvalue weighted by molar-refractivity contribution is 5.19. The van der Waals surface area contributed by atoms with E-state index >= 15 is 0 Å². The normalized spacial score (nSPS) is 12.4. The van der Waals surface area contributed by atoms with E-state index in [1.165, 1.54) is 96.3 Å². The van der Waals surface area contributed by atoms with Gasteiger partial charge < -0.3 is 5.73 Å². The van der Waals surface area contributed by atoms with E-state index in [9.17, 15) is 0 Å². The van der Waals surface area contributed by atoms with Crippen LogP contribution in [0.25, 0.3) is 0 Å². The Morgan fingerprint density at radius 1 is 0.640 bits per heavy atom. The monoisotopic (exact) mass is 345 g/mol. The summed E-state index contributed by atoms with van der Waals surface area (Å²) in [6.07, 6.45) is 20.7. The van der Waals surface area contributed by atoms with Gasteiger partial charge in [0.15, 0.2) is 0 Å². The fraction of sp³-hybridized carbons (Fsp3) is 0.750. The predicted octanol–water partition coefficient (Wildman–Crippen LogP) is 7.60. The minimum absolute atomic E-state index is 0.782. The third kappa shape index (κ3) is 12.2. The van der Waals surface area contributed by atoms with Crippen LogP contribution in [-0.2, 0) is 0 Å². The summed E-state index contributed by atoms with van der Waals surface area (Å²) < 4.78 is 0. The van der Waals surface area contributed by atoms with Gasteiger partial charge in [-0.2, -0.15) is 0 Å². The van der Waals surface area contributed by atoms with E-state index in [0.29, 0.717) is 0 Å². The molecule has 25 heavy (non-hydrogen) atoms. The molecule has 0 saturated carbocycles. The third-order valence-electron chi connectivity index (χ3n) is 5.43. The van der Waals surface area contributed by atoms with Crippen LogP contribution in [0.15, 0.2) is 30.3 Å². The van der Waals surface area contributed by atoms with E-state index in [0.717, 1.165) is 12.5 Å². The van der Waals surface area contributed by atoms with Crippen LogP contribution in [0, 0.1) is 0 Å². The summed E-state index contributed by atoms with van der Waals surface area (Å²) in [4.78, 5) is 0. The van der Waals surface area contributed by atoms with Gasteiger partial charge in [0.1, 0.15) is 0 Å². The van der Waals surface area contributed by atoms with Crippen LogP contribution in [0.1, 0.15) is 115 Å². The van der Waals surface area contributed by atoms with E-state index in [2.05, 4.69) is 37.3 Å². The highest BCUT2D eigenvalue weighted by Crippen LogP contribution is 2.28. The standard InChI is InChI=1S/C24H43N/c1-2-3-4-5-9-13-18-23(24-20-15-12-16-21-24)19-14-10-7-6-8-11-17-22-25/h12,15-16,20-21,23H,2-11,13-14,17-19,22,25H2,1H3. The lowest BCUT2D eigenvalue weighted by Crippen LogP contribution is -2.00. The van der Waals surface area contributed by atoms with Crippen LogP contribution in [0.5, 0.6) is 0 Å². The molecule has 0 radical (unpaired) electrons. The number of hydrogen-bond acceptors (Lipinski definition) is 1. The van der Waals surface area contributed by atoms with Crippen molar-refractivity contribution in [3.63, 3.8) is 0 Å². The molecule has 0 aliphatic heterocycles. The molecule has 1 heteroatoms. The van der Waals surface area contributed by atoms with Crippen molar-refractivity contribution in [3.05, 3.63) is 35.9 Å². The SMILES string of the molecule is CCCCCCCCC(CCCCCCCCCN)c1ccccc1. The molecule has 1 aromatic carbocycles. The molecular formula is C24H43N. The van der Waals surface area contributed by atoms with Crippen molar-refractivity contribution in [3.8, 4) is 0 Å². The van der Waals surface area contributed by atoms with Gasteiger partial charge in [0.25, 0.3) is 0 Å². The highest BCUT2D eigenvalue weighted by Gasteiger charge is 2.10. The lowest BCUT2D eigenvalue weighted by Gasteiger charge is -2.17. The zero-order valence-electron chi connectivity index (χ0n) is 16.9. The van der Waals surface area contributed by atoms with Crippen LogP contribution >= 0.6 is 0 Å². The molecule has 0 saturated heterocycles. The maximum Gasteiger partial charge on any atom is -0.00773 e. The fourth-order valence-corrected chi connectivity index (χ4v) is 3.79. The average molecular weight is 346 g/mol. The van der Waals surface area contributed by atoms with E-state index < -0.39 is 0 Å². The molecule has 0 aromatic heterocycles. The molecule has 144 valence electrons. The Bertz CT molecular complexity index is 373. The molecule has 0 spiro atoms.